The number of nitrogens with one attached hydrogen (secondary N) is 1. The van der Waals surface area contributed by atoms with E-state index in [1.807, 2.05) is 32.0 Å². The average Bonchev–Trinajstić information content (AvgIpc) is 2.38. The third kappa shape index (κ3) is 6.21. The molecule has 1 aromatic carbocycles. The van der Waals surface area contributed by atoms with E-state index in [4.69, 9.17) is 4.74 Å². The van der Waals surface area contributed by atoms with Gasteiger partial charge in [0.15, 0.2) is 0 Å². The number of halogens is 1. The lowest BCUT2D eigenvalue weighted by molar-refractivity contribution is -0.893. The number of esters is 1. The van der Waals surface area contributed by atoms with Crippen molar-refractivity contribution in [3.05, 3.63) is 35.9 Å². The fraction of sp³-hybridized carbons (Fsp3) is 0.533. The van der Waals surface area contributed by atoms with Crippen molar-refractivity contribution in [1.82, 2.24) is 0 Å². The van der Waals surface area contributed by atoms with Crippen LogP contribution in [0.1, 0.15) is 19.4 Å². The van der Waals surface area contributed by atoms with Crippen LogP contribution in [0.5, 0.6) is 0 Å². The lowest BCUT2D eigenvalue weighted by atomic mass is 10.1. The first-order valence-corrected chi connectivity index (χ1v) is 7.58. The molecule has 0 heterocycles. The molecule has 1 aromatic rings. The molecule has 3 nitrogen and oxygen atoms in total. The highest BCUT2D eigenvalue weighted by Crippen LogP contribution is 2.13. The number of alkyl halides is 1. The van der Waals surface area contributed by atoms with Crippen molar-refractivity contribution in [2.24, 2.45) is 5.92 Å². The highest BCUT2D eigenvalue weighted by molar-refractivity contribution is 9.10. The molecule has 0 saturated carbocycles. The molecule has 0 saturated heterocycles. The van der Waals surface area contributed by atoms with Gasteiger partial charge in [0.1, 0.15) is 24.5 Å². The fourth-order valence-electron chi connectivity index (χ4n) is 1.71. The Labute approximate surface area is 124 Å². The van der Waals surface area contributed by atoms with Gasteiger partial charge in [0.2, 0.25) is 0 Å². The van der Waals surface area contributed by atoms with E-state index in [0.29, 0.717) is 6.61 Å². The van der Waals surface area contributed by atoms with E-state index < -0.39 is 0 Å². The van der Waals surface area contributed by atoms with Crippen LogP contribution in [0.25, 0.3) is 0 Å². The quantitative estimate of drug-likeness (QED) is 0.609. The summed E-state index contributed by atoms with van der Waals surface area (Å²) in [7, 11) is 2.11. The Balaban J connectivity index is 2.24. The Morgan fingerprint density at radius 2 is 1.95 bits per heavy atom. The van der Waals surface area contributed by atoms with Gasteiger partial charge in [0, 0.05) is 5.56 Å². The SMILES string of the molecule is CC(C)C(Br)C(=O)OCC[NH+](C)Cc1ccccc1. The van der Waals surface area contributed by atoms with Gasteiger partial charge in [-0.15, -0.1) is 0 Å². The van der Waals surface area contributed by atoms with E-state index >= 15 is 0 Å². The molecule has 0 fully saturated rings. The third-order valence-electron chi connectivity index (χ3n) is 2.93. The number of ether oxygens (including phenoxy) is 1. The van der Waals surface area contributed by atoms with Gasteiger partial charge in [-0.2, -0.15) is 0 Å². The Bertz CT molecular complexity index is 381. The van der Waals surface area contributed by atoms with Crippen molar-refractivity contribution in [3.8, 4) is 0 Å². The van der Waals surface area contributed by atoms with Gasteiger partial charge in [-0.05, 0) is 5.92 Å². The first kappa shape index (κ1) is 16.2. The molecule has 0 aromatic heterocycles. The number of hydrogen-bond acceptors (Lipinski definition) is 2. The molecule has 0 aliphatic carbocycles. The molecule has 2 unspecified atom stereocenters. The summed E-state index contributed by atoms with van der Waals surface area (Å²) in [5.41, 5.74) is 1.30. The highest BCUT2D eigenvalue weighted by atomic mass is 79.9. The number of quaternary nitrogens is 1. The largest absolute Gasteiger partial charge is 0.459 e. The van der Waals surface area contributed by atoms with Gasteiger partial charge in [0.25, 0.3) is 0 Å². The van der Waals surface area contributed by atoms with Gasteiger partial charge < -0.3 is 9.64 Å². The molecule has 0 amide bonds. The Morgan fingerprint density at radius 3 is 2.53 bits per heavy atom. The summed E-state index contributed by atoms with van der Waals surface area (Å²) in [5, 5.41) is 0. The fourth-order valence-corrected chi connectivity index (χ4v) is 1.84. The van der Waals surface area contributed by atoms with Gasteiger partial charge in [-0.3, -0.25) is 4.79 Å². The van der Waals surface area contributed by atoms with E-state index in [2.05, 4.69) is 35.1 Å². The number of carbonyl (C=O) groups is 1. The van der Waals surface area contributed by atoms with Crippen molar-refractivity contribution in [2.75, 3.05) is 20.2 Å². The summed E-state index contributed by atoms with van der Waals surface area (Å²) in [6, 6.07) is 10.3. The zero-order chi connectivity index (χ0) is 14.3. The van der Waals surface area contributed by atoms with Gasteiger partial charge in [0.05, 0.1) is 7.05 Å². The first-order chi connectivity index (χ1) is 9.00. The standard InChI is InChI=1S/C15H22BrNO2/c1-12(2)14(16)15(18)19-10-9-17(3)11-13-7-5-4-6-8-13/h4-8,12,14H,9-11H2,1-3H3/p+1. The molecule has 1 rings (SSSR count). The highest BCUT2D eigenvalue weighted by Gasteiger charge is 2.20. The van der Waals surface area contributed by atoms with Crippen molar-refractivity contribution in [2.45, 2.75) is 25.2 Å². The van der Waals surface area contributed by atoms with Crippen molar-refractivity contribution in [1.29, 1.82) is 0 Å². The Hall–Kier alpha value is -0.870. The Kier molecular flexibility index (Phi) is 7.10. The van der Waals surface area contributed by atoms with E-state index in [9.17, 15) is 4.79 Å². The first-order valence-electron chi connectivity index (χ1n) is 6.66. The summed E-state index contributed by atoms with van der Waals surface area (Å²) < 4.78 is 5.27. The van der Waals surface area contributed by atoms with Crippen LogP contribution >= 0.6 is 15.9 Å². The molecule has 0 radical (unpaired) electrons. The van der Waals surface area contributed by atoms with E-state index in [1.165, 1.54) is 10.5 Å². The lowest BCUT2D eigenvalue weighted by Gasteiger charge is -2.16. The van der Waals surface area contributed by atoms with Gasteiger partial charge in [-0.25, -0.2) is 0 Å². The van der Waals surface area contributed by atoms with Gasteiger partial charge in [-0.1, -0.05) is 60.1 Å². The van der Waals surface area contributed by atoms with Crippen LogP contribution in [-0.4, -0.2) is 31.0 Å². The zero-order valence-electron chi connectivity index (χ0n) is 11.9. The van der Waals surface area contributed by atoms with Crippen molar-refractivity contribution in [3.63, 3.8) is 0 Å². The minimum Gasteiger partial charge on any atom is -0.459 e. The van der Waals surface area contributed by atoms with Crippen LogP contribution < -0.4 is 4.90 Å². The van der Waals surface area contributed by atoms with Crippen LogP contribution in [0.3, 0.4) is 0 Å². The second-order valence-corrected chi connectivity index (χ2v) is 6.17. The average molecular weight is 329 g/mol. The predicted octanol–water partition coefficient (Wildman–Crippen LogP) is 1.66. The van der Waals surface area contributed by atoms with Crippen LogP contribution in [0.15, 0.2) is 30.3 Å². The third-order valence-corrected chi connectivity index (χ3v) is 4.36. The molecule has 0 spiro atoms. The van der Waals surface area contributed by atoms with E-state index in [1.54, 1.807) is 0 Å². The molecule has 0 bridgehead atoms. The maximum atomic E-state index is 11.6. The lowest BCUT2D eigenvalue weighted by Crippen LogP contribution is -3.08. The monoisotopic (exact) mass is 328 g/mol. The zero-order valence-corrected chi connectivity index (χ0v) is 13.4. The van der Waals surface area contributed by atoms with Gasteiger partial charge >= 0.3 is 5.97 Å². The summed E-state index contributed by atoms with van der Waals surface area (Å²) in [6.07, 6.45) is 0. The summed E-state index contributed by atoms with van der Waals surface area (Å²) in [6.45, 7) is 6.21. The normalized spacial score (nSPS) is 14.2. The number of likely N-dealkylation sites (N-methyl/N-ethyl adjacent to an activating group) is 1. The van der Waals surface area contributed by atoms with Crippen LogP contribution in [0.2, 0.25) is 0 Å². The molecule has 19 heavy (non-hydrogen) atoms. The predicted molar refractivity (Wildman–Crippen MR) is 80.4 cm³/mol. The second kappa shape index (κ2) is 8.33. The number of rotatable bonds is 7. The molecule has 2 atom stereocenters. The maximum Gasteiger partial charge on any atom is 0.320 e. The minimum atomic E-state index is -0.207. The Morgan fingerprint density at radius 1 is 1.32 bits per heavy atom. The number of benzene rings is 1. The van der Waals surface area contributed by atoms with Crippen LogP contribution in [0, 0.1) is 5.92 Å². The number of hydrogen-bond donors (Lipinski definition) is 1. The minimum absolute atomic E-state index is 0.164. The molecule has 0 aliphatic rings. The maximum absolute atomic E-state index is 11.6. The van der Waals surface area contributed by atoms with E-state index in [0.717, 1.165) is 13.1 Å². The topological polar surface area (TPSA) is 30.7 Å². The van der Waals surface area contributed by atoms with Crippen LogP contribution in [0.4, 0.5) is 0 Å². The van der Waals surface area contributed by atoms with Crippen molar-refractivity contribution < 1.29 is 14.4 Å². The van der Waals surface area contributed by atoms with Crippen molar-refractivity contribution >= 4 is 21.9 Å². The molecule has 106 valence electrons. The van der Waals surface area contributed by atoms with E-state index in [-0.39, 0.29) is 16.7 Å². The molecular weight excluding hydrogens is 306 g/mol. The summed E-state index contributed by atoms with van der Waals surface area (Å²) in [5.74, 6) is 0.0874. The molecular formula is C15H23BrNO2+. The second-order valence-electron chi connectivity index (χ2n) is 5.18. The summed E-state index contributed by atoms with van der Waals surface area (Å²) in [4.78, 5) is 12.8. The molecule has 1 N–H and O–H groups in total. The molecule has 0 aliphatic heterocycles. The van der Waals surface area contributed by atoms with Crippen LogP contribution in [-0.2, 0) is 16.1 Å². The number of carbonyl (C=O) groups excluding carboxylic acids is 1. The summed E-state index contributed by atoms with van der Waals surface area (Å²) >= 11 is 3.35. The smallest absolute Gasteiger partial charge is 0.320 e. The molecule has 4 heteroatoms.